The van der Waals surface area contributed by atoms with E-state index < -0.39 is 0 Å². The van der Waals surface area contributed by atoms with Crippen LogP contribution < -0.4 is 15.4 Å². The topological polar surface area (TPSA) is 50.4 Å². The summed E-state index contributed by atoms with van der Waals surface area (Å²) in [5.74, 6) is 0.680. The normalized spacial score (nSPS) is 10.3. The number of ether oxygens (including phenoxy) is 1. The SMILES string of the molecule is COc1ccc(CCNc2ccc(NC(=O)c3cccc(Cl)c3)cc2)cc1. The molecule has 0 fully saturated rings. The molecule has 0 aliphatic heterocycles. The highest BCUT2D eigenvalue weighted by molar-refractivity contribution is 6.31. The minimum Gasteiger partial charge on any atom is -0.497 e. The van der Waals surface area contributed by atoms with Crippen LogP contribution in [0.3, 0.4) is 0 Å². The van der Waals surface area contributed by atoms with Gasteiger partial charge in [-0.25, -0.2) is 0 Å². The number of nitrogens with one attached hydrogen (secondary N) is 2. The molecule has 3 rings (SSSR count). The molecule has 0 bridgehead atoms. The molecule has 27 heavy (non-hydrogen) atoms. The van der Waals surface area contributed by atoms with Crippen molar-refractivity contribution in [2.75, 3.05) is 24.3 Å². The molecular formula is C22H21ClN2O2. The molecule has 0 atom stereocenters. The van der Waals surface area contributed by atoms with Crippen molar-refractivity contribution in [1.29, 1.82) is 0 Å². The van der Waals surface area contributed by atoms with Gasteiger partial charge in [0.1, 0.15) is 5.75 Å². The van der Waals surface area contributed by atoms with Crippen molar-refractivity contribution in [3.8, 4) is 5.75 Å². The van der Waals surface area contributed by atoms with Gasteiger partial charge in [-0.3, -0.25) is 4.79 Å². The highest BCUT2D eigenvalue weighted by Crippen LogP contribution is 2.17. The zero-order valence-corrected chi connectivity index (χ0v) is 15.8. The van der Waals surface area contributed by atoms with Crippen LogP contribution in [0.5, 0.6) is 5.75 Å². The van der Waals surface area contributed by atoms with Crippen LogP contribution in [0.2, 0.25) is 5.02 Å². The van der Waals surface area contributed by atoms with E-state index in [0.29, 0.717) is 10.6 Å². The number of methoxy groups -OCH3 is 1. The fourth-order valence-electron chi connectivity index (χ4n) is 2.65. The molecule has 0 unspecified atom stereocenters. The molecule has 138 valence electrons. The summed E-state index contributed by atoms with van der Waals surface area (Å²) in [6.07, 6.45) is 0.914. The Kier molecular flexibility index (Phi) is 6.34. The molecule has 0 spiro atoms. The largest absolute Gasteiger partial charge is 0.497 e. The summed E-state index contributed by atoms with van der Waals surface area (Å²) in [5.41, 5.74) is 3.52. The summed E-state index contributed by atoms with van der Waals surface area (Å²) >= 11 is 5.93. The van der Waals surface area contributed by atoms with Crippen molar-refractivity contribution < 1.29 is 9.53 Å². The molecule has 0 aromatic heterocycles. The third-order valence-electron chi connectivity index (χ3n) is 4.13. The van der Waals surface area contributed by atoms with Gasteiger partial charge in [-0.1, -0.05) is 29.8 Å². The molecule has 0 aliphatic rings. The quantitative estimate of drug-likeness (QED) is 0.588. The van der Waals surface area contributed by atoms with E-state index in [2.05, 4.69) is 22.8 Å². The molecule has 3 aromatic rings. The van der Waals surface area contributed by atoms with Crippen LogP contribution in [-0.2, 0) is 6.42 Å². The molecule has 0 saturated carbocycles. The average Bonchev–Trinajstić information content (AvgIpc) is 2.70. The maximum Gasteiger partial charge on any atom is 0.255 e. The number of benzene rings is 3. The van der Waals surface area contributed by atoms with E-state index in [9.17, 15) is 4.79 Å². The van der Waals surface area contributed by atoms with Crippen LogP contribution in [0.4, 0.5) is 11.4 Å². The summed E-state index contributed by atoms with van der Waals surface area (Å²) in [6.45, 7) is 0.820. The molecule has 0 radical (unpaired) electrons. The Bertz CT molecular complexity index is 893. The molecule has 0 heterocycles. The zero-order valence-electron chi connectivity index (χ0n) is 15.0. The van der Waals surface area contributed by atoms with Gasteiger partial charge in [0.25, 0.3) is 5.91 Å². The molecule has 2 N–H and O–H groups in total. The molecule has 3 aromatic carbocycles. The molecule has 4 nitrogen and oxygen atoms in total. The Morgan fingerprint density at radius 2 is 1.67 bits per heavy atom. The van der Waals surface area contributed by atoms with E-state index in [1.54, 1.807) is 31.4 Å². The lowest BCUT2D eigenvalue weighted by Gasteiger charge is -2.09. The third-order valence-corrected chi connectivity index (χ3v) is 4.37. The van der Waals surface area contributed by atoms with Crippen molar-refractivity contribution in [2.24, 2.45) is 0 Å². The van der Waals surface area contributed by atoms with Gasteiger partial charge >= 0.3 is 0 Å². The van der Waals surface area contributed by atoms with Gasteiger partial charge in [0, 0.05) is 28.5 Å². The first-order valence-electron chi connectivity index (χ1n) is 8.68. The van der Waals surface area contributed by atoms with Crippen LogP contribution in [0.15, 0.2) is 72.8 Å². The van der Waals surface area contributed by atoms with Gasteiger partial charge in [-0.2, -0.15) is 0 Å². The Morgan fingerprint density at radius 1 is 0.963 bits per heavy atom. The van der Waals surface area contributed by atoms with Crippen molar-refractivity contribution >= 4 is 28.9 Å². The van der Waals surface area contributed by atoms with Crippen molar-refractivity contribution in [3.05, 3.63) is 88.9 Å². The van der Waals surface area contributed by atoms with Crippen LogP contribution in [0, 0.1) is 0 Å². The molecule has 0 aliphatic carbocycles. The predicted octanol–water partition coefficient (Wildman–Crippen LogP) is 5.26. The van der Waals surface area contributed by atoms with Crippen molar-refractivity contribution in [3.63, 3.8) is 0 Å². The van der Waals surface area contributed by atoms with Crippen molar-refractivity contribution in [1.82, 2.24) is 0 Å². The summed E-state index contributed by atoms with van der Waals surface area (Å²) in [4.78, 5) is 12.2. The van der Waals surface area contributed by atoms with E-state index in [4.69, 9.17) is 16.3 Å². The Hall–Kier alpha value is -2.98. The van der Waals surface area contributed by atoms with Crippen LogP contribution in [-0.4, -0.2) is 19.6 Å². The Morgan fingerprint density at radius 3 is 2.33 bits per heavy atom. The molecule has 5 heteroatoms. The number of anilines is 2. The Balaban J connectivity index is 1.50. The number of hydrogen-bond donors (Lipinski definition) is 2. The average molecular weight is 381 g/mol. The highest BCUT2D eigenvalue weighted by atomic mass is 35.5. The molecular weight excluding hydrogens is 360 g/mol. The maximum absolute atomic E-state index is 12.2. The number of carbonyl (C=O) groups excluding carboxylic acids is 1. The summed E-state index contributed by atoms with van der Waals surface area (Å²) in [7, 11) is 1.66. The second-order valence-electron chi connectivity index (χ2n) is 6.07. The van der Waals surface area contributed by atoms with Gasteiger partial charge < -0.3 is 15.4 Å². The smallest absolute Gasteiger partial charge is 0.255 e. The van der Waals surface area contributed by atoms with E-state index >= 15 is 0 Å². The predicted molar refractivity (Wildman–Crippen MR) is 111 cm³/mol. The number of halogens is 1. The van der Waals surface area contributed by atoms with E-state index in [1.807, 2.05) is 36.4 Å². The van der Waals surface area contributed by atoms with E-state index in [0.717, 1.165) is 30.1 Å². The fraction of sp³-hybridized carbons (Fsp3) is 0.136. The first-order chi connectivity index (χ1) is 13.1. The van der Waals surface area contributed by atoms with Crippen LogP contribution in [0.25, 0.3) is 0 Å². The van der Waals surface area contributed by atoms with Gasteiger partial charge in [-0.15, -0.1) is 0 Å². The first-order valence-corrected chi connectivity index (χ1v) is 9.05. The fourth-order valence-corrected chi connectivity index (χ4v) is 2.84. The number of hydrogen-bond acceptors (Lipinski definition) is 3. The lowest BCUT2D eigenvalue weighted by molar-refractivity contribution is 0.102. The van der Waals surface area contributed by atoms with E-state index in [1.165, 1.54) is 5.56 Å². The highest BCUT2D eigenvalue weighted by Gasteiger charge is 2.06. The number of rotatable bonds is 7. The monoisotopic (exact) mass is 380 g/mol. The van der Waals surface area contributed by atoms with Gasteiger partial charge in [0.2, 0.25) is 0 Å². The van der Waals surface area contributed by atoms with Gasteiger partial charge in [-0.05, 0) is 66.6 Å². The number of amides is 1. The zero-order chi connectivity index (χ0) is 19.1. The maximum atomic E-state index is 12.2. The lowest BCUT2D eigenvalue weighted by atomic mass is 10.1. The minimum absolute atomic E-state index is 0.183. The lowest BCUT2D eigenvalue weighted by Crippen LogP contribution is -2.11. The van der Waals surface area contributed by atoms with E-state index in [-0.39, 0.29) is 5.91 Å². The third kappa shape index (κ3) is 5.50. The van der Waals surface area contributed by atoms with Gasteiger partial charge in [0.05, 0.1) is 7.11 Å². The number of carbonyl (C=O) groups is 1. The summed E-state index contributed by atoms with van der Waals surface area (Å²) < 4.78 is 5.16. The summed E-state index contributed by atoms with van der Waals surface area (Å²) in [5, 5.41) is 6.79. The molecule has 0 saturated heterocycles. The second kappa shape index (κ2) is 9.10. The first kappa shape index (κ1) is 18.8. The van der Waals surface area contributed by atoms with Crippen molar-refractivity contribution in [2.45, 2.75) is 6.42 Å². The van der Waals surface area contributed by atoms with Crippen LogP contribution >= 0.6 is 11.6 Å². The Labute approximate surface area is 164 Å². The van der Waals surface area contributed by atoms with Crippen LogP contribution in [0.1, 0.15) is 15.9 Å². The molecule has 1 amide bonds. The minimum atomic E-state index is -0.183. The second-order valence-corrected chi connectivity index (χ2v) is 6.50. The summed E-state index contributed by atoms with van der Waals surface area (Å²) in [6, 6.07) is 22.6. The van der Waals surface area contributed by atoms with Gasteiger partial charge in [0.15, 0.2) is 0 Å². The standard InChI is InChI=1S/C22H21ClN2O2/c1-27-21-11-5-16(6-12-21)13-14-24-19-7-9-20(10-8-19)25-22(26)17-3-2-4-18(23)15-17/h2-12,15,24H,13-14H2,1H3,(H,25,26).